The third-order valence-electron chi connectivity index (χ3n) is 22.7. The third kappa shape index (κ3) is 10.5. The van der Waals surface area contributed by atoms with Crippen LogP contribution in [0.2, 0.25) is 0 Å². The zero-order valence-electron chi connectivity index (χ0n) is 49.2. The number of carboxylic acid groups (broad SMARTS) is 1. The van der Waals surface area contributed by atoms with E-state index in [0.717, 1.165) is 18.4 Å². The van der Waals surface area contributed by atoms with Gasteiger partial charge in [0.1, 0.15) is 90.9 Å². The zero-order chi connectivity index (χ0) is 61.5. The van der Waals surface area contributed by atoms with Crippen molar-refractivity contribution in [1.82, 2.24) is 0 Å². The molecular weight excluding hydrogens is 1110 g/mol. The van der Waals surface area contributed by atoms with E-state index >= 15 is 4.79 Å². The van der Waals surface area contributed by atoms with Crippen molar-refractivity contribution in [1.29, 1.82) is 0 Å². The molecule has 0 radical (unpaired) electrons. The lowest BCUT2D eigenvalue weighted by atomic mass is 9.33. The minimum absolute atomic E-state index is 0.0676. The van der Waals surface area contributed by atoms with Gasteiger partial charge in [0.2, 0.25) is 6.29 Å². The Bertz CT molecular complexity index is 2410. The maximum absolute atomic E-state index is 15.4. The molecule has 5 heterocycles. The van der Waals surface area contributed by atoms with Gasteiger partial charge in [0.25, 0.3) is 0 Å². The van der Waals surface area contributed by atoms with Gasteiger partial charge in [-0.15, -0.1) is 0 Å². The van der Waals surface area contributed by atoms with Gasteiger partial charge in [-0.05, 0) is 116 Å². The van der Waals surface area contributed by atoms with Crippen LogP contribution in [0.5, 0.6) is 0 Å². The zero-order valence-corrected chi connectivity index (χ0v) is 49.2. The lowest BCUT2D eigenvalue weighted by Gasteiger charge is -2.71. The Balaban J connectivity index is 0.843. The quantitative estimate of drug-likeness (QED) is 0.0616. The topological polar surface area (TPSA) is 410 Å². The predicted molar refractivity (Wildman–Crippen MR) is 283 cm³/mol. The standard InChI is InChI=1S/C58H92O26/c1-22-32(62)34(64)38(68)48(77-22)81-43-27(60)21-75-47(41(43)71)80-42-23(2)78-49(40(70)37(42)67)83-45-33(63)26(59)20-76-51(45)84-52(74)58-17-16-53(3,4)18-25(58)24-10-11-29-55(7)14-13-31(79-50-39(69)35(65)36(66)44(82-50)46(72)73)54(5,6)28(55)12-15-56(29,8)57(24,9)19-30(58)61/h10,22-23,25-45,47-51,59-71H,11-21H2,1-9H3,(H,72,73)/t22-,23-,25-,26-,27+,28-,29+,30+,31-,32-,33-,34+,35-,36-,37-,38+,39+,40+,41+,42-,43-,44-,45+,47-,48-,49-,50+,51-,55-,56+,57+,58+/m0/s1. The molecule has 0 aromatic heterocycles. The van der Waals surface area contributed by atoms with Crippen LogP contribution in [0.3, 0.4) is 0 Å². The normalized spacial score (nSPS) is 54.6. The molecule has 26 nitrogen and oxygen atoms in total. The van der Waals surface area contributed by atoms with Gasteiger partial charge in [0.05, 0.1) is 37.6 Å². The minimum Gasteiger partial charge on any atom is -0.479 e. The summed E-state index contributed by atoms with van der Waals surface area (Å²) in [5.41, 5.74) is -2.54. The molecule has 0 aromatic carbocycles. The summed E-state index contributed by atoms with van der Waals surface area (Å²) in [7, 11) is 0. The molecule has 0 aromatic rings. The summed E-state index contributed by atoms with van der Waals surface area (Å²) < 4.78 is 59.0. The van der Waals surface area contributed by atoms with Crippen molar-refractivity contribution in [2.45, 2.75) is 274 Å². The van der Waals surface area contributed by atoms with E-state index in [2.05, 4.69) is 54.5 Å². The molecule has 4 saturated carbocycles. The fourth-order valence-electron chi connectivity index (χ4n) is 17.4. The Morgan fingerprint density at radius 1 is 0.536 bits per heavy atom. The molecule has 0 spiro atoms. The van der Waals surface area contributed by atoms with Crippen LogP contribution < -0.4 is 0 Å². The largest absolute Gasteiger partial charge is 0.479 e. The summed E-state index contributed by atoms with van der Waals surface area (Å²) >= 11 is 0. The molecule has 84 heavy (non-hydrogen) atoms. The molecule has 32 atom stereocenters. The van der Waals surface area contributed by atoms with E-state index in [1.807, 2.05) is 0 Å². The highest BCUT2D eigenvalue weighted by atomic mass is 16.8. The molecule has 0 bridgehead atoms. The van der Waals surface area contributed by atoms with Gasteiger partial charge < -0.3 is 119 Å². The molecule has 5 aliphatic heterocycles. The van der Waals surface area contributed by atoms with Crippen molar-refractivity contribution in [3.05, 3.63) is 11.6 Å². The van der Waals surface area contributed by atoms with E-state index in [9.17, 15) is 76.3 Å². The molecule has 5 aliphatic carbocycles. The van der Waals surface area contributed by atoms with Crippen molar-refractivity contribution >= 4 is 11.9 Å². The molecule has 5 saturated heterocycles. The van der Waals surface area contributed by atoms with E-state index < -0.39 is 206 Å². The molecule has 0 unspecified atom stereocenters. The number of aliphatic hydroxyl groups is 13. The number of aliphatic carboxylic acids is 1. The predicted octanol–water partition coefficient (Wildman–Crippen LogP) is -1.81. The fourth-order valence-corrected chi connectivity index (χ4v) is 17.4. The highest BCUT2D eigenvalue weighted by Crippen LogP contribution is 2.76. The number of carbonyl (C=O) groups is 2. The van der Waals surface area contributed by atoms with Crippen LogP contribution in [0.15, 0.2) is 11.6 Å². The second kappa shape index (κ2) is 23.2. The van der Waals surface area contributed by atoms with Crippen molar-refractivity contribution in [2.24, 2.45) is 50.2 Å². The average Bonchev–Trinajstić information content (AvgIpc) is 0.691. The second-order valence-corrected chi connectivity index (χ2v) is 28.3. The van der Waals surface area contributed by atoms with Gasteiger partial charge in [0.15, 0.2) is 37.4 Å². The van der Waals surface area contributed by atoms with Crippen LogP contribution in [-0.2, 0) is 57.0 Å². The lowest BCUT2D eigenvalue weighted by molar-refractivity contribution is -0.377. The third-order valence-corrected chi connectivity index (χ3v) is 22.7. The highest BCUT2D eigenvalue weighted by Gasteiger charge is 2.72. The molecule has 9 fully saturated rings. The number of esters is 1. The van der Waals surface area contributed by atoms with Gasteiger partial charge in [-0.2, -0.15) is 0 Å². The van der Waals surface area contributed by atoms with Crippen molar-refractivity contribution in [3.63, 3.8) is 0 Å². The van der Waals surface area contributed by atoms with Crippen LogP contribution in [0, 0.1) is 50.2 Å². The van der Waals surface area contributed by atoms with Crippen molar-refractivity contribution < 1.29 is 128 Å². The number of aliphatic hydroxyl groups excluding tert-OH is 13. The summed E-state index contributed by atoms with van der Waals surface area (Å²) in [5.74, 6) is -2.65. The molecule has 10 aliphatic rings. The molecule has 10 rings (SSSR count). The Kier molecular flexibility index (Phi) is 17.9. The van der Waals surface area contributed by atoms with Crippen LogP contribution in [0.25, 0.3) is 0 Å². The molecular formula is C58H92O26. The van der Waals surface area contributed by atoms with E-state index in [4.69, 9.17) is 47.4 Å². The monoisotopic (exact) mass is 1200 g/mol. The first kappa shape index (κ1) is 64.8. The molecule has 26 heteroatoms. The Labute approximate surface area is 487 Å². The second-order valence-electron chi connectivity index (χ2n) is 28.3. The first-order valence-electron chi connectivity index (χ1n) is 30.0. The van der Waals surface area contributed by atoms with E-state index in [1.165, 1.54) is 13.8 Å². The Morgan fingerprint density at radius 3 is 1.79 bits per heavy atom. The SMILES string of the molecule is C[C@@H]1O[C@@H](O[C@@H]2[C@@H](O)[C@H](O[C@@H]3[C@@H](O)[C@@H](O)[C@H](O[C@H]4[C@H](OC(=O)[C@]56CCC(C)(C)C[C@H]5C5=CC[C@@H]7[C@@]8(C)CC[C@H](O[C@@H]9O[C@H](C(=O)O)[C@@H](O)[C@H](O)[C@H]9O)C(C)(C)[C@@H]8CC[C@@]7(C)[C@]5(C)C[C@H]6O)OC[C@H](O)[C@@H]4O)O[C@H]3C)OC[C@H]2O)[C@H](O)[C@H](O)[C@H]1O. The van der Waals surface area contributed by atoms with Crippen LogP contribution in [0.4, 0.5) is 0 Å². The van der Waals surface area contributed by atoms with Gasteiger partial charge in [0, 0.05) is 0 Å². The first-order valence-corrected chi connectivity index (χ1v) is 30.0. The summed E-state index contributed by atoms with van der Waals surface area (Å²) in [6, 6.07) is 0. The summed E-state index contributed by atoms with van der Waals surface area (Å²) in [5, 5.41) is 153. The number of rotatable bonds is 11. The van der Waals surface area contributed by atoms with Crippen LogP contribution >= 0.6 is 0 Å². The van der Waals surface area contributed by atoms with E-state index in [-0.39, 0.29) is 35.5 Å². The molecule has 0 amide bonds. The summed E-state index contributed by atoms with van der Waals surface area (Å²) in [4.78, 5) is 27.4. The van der Waals surface area contributed by atoms with Gasteiger partial charge in [-0.25, -0.2) is 4.79 Å². The van der Waals surface area contributed by atoms with E-state index in [1.54, 1.807) is 0 Å². The molecule has 480 valence electrons. The average molecular weight is 1210 g/mol. The number of carbonyl (C=O) groups excluding carboxylic acids is 1. The highest BCUT2D eigenvalue weighted by molar-refractivity contribution is 5.80. The number of ether oxygens (including phenoxy) is 10. The van der Waals surface area contributed by atoms with Crippen molar-refractivity contribution in [3.8, 4) is 0 Å². The Morgan fingerprint density at radius 2 is 1.12 bits per heavy atom. The maximum atomic E-state index is 15.4. The number of fused-ring (bicyclic) bond motifs is 7. The van der Waals surface area contributed by atoms with Crippen molar-refractivity contribution in [2.75, 3.05) is 13.2 Å². The summed E-state index contributed by atoms with van der Waals surface area (Å²) in [6.45, 7) is 17.2. The number of allylic oxidation sites excluding steroid dienone is 2. The van der Waals surface area contributed by atoms with Gasteiger partial charge >= 0.3 is 11.9 Å². The maximum Gasteiger partial charge on any atom is 0.335 e. The van der Waals surface area contributed by atoms with Crippen LogP contribution in [-0.4, -0.2) is 250 Å². The number of hydrogen-bond donors (Lipinski definition) is 14. The van der Waals surface area contributed by atoms with Gasteiger partial charge in [-0.3, -0.25) is 4.79 Å². The smallest absolute Gasteiger partial charge is 0.335 e. The Hall–Kier alpha value is -2.20. The fraction of sp³-hybridized carbons (Fsp3) is 0.931. The van der Waals surface area contributed by atoms with E-state index in [0.29, 0.717) is 32.1 Å². The van der Waals surface area contributed by atoms with Crippen LogP contribution in [0.1, 0.15) is 120 Å². The summed E-state index contributed by atoms with van der Waals surface area (Å²) in [6.07, 6.45) is -32.3. The minimum atomic E-state index is -1.96. The van der Waals surface area contributed by atoms with Gasteiger partial charge in [-0.1, -0.05) is 60.1 Å². The number of hydrogen-bond acceptors (Lipinski definition) is 25. The molecule has 14 N–H and O–H groups in total. The lowest BCUT2D eigenvalue weighted by Crippen LogP contribution is -2.68. The first-order chi connectivity index (χ1) is 39.1. The number of carboxylic acids is 1.